The summed E-state index contributed by atoms with van der Waals surface area (Å²) in [6, 6.07) is 0.395. The first-order valence-electron chi connectivity index (χ1n) is 5.05. The van der Waals surface area contributed by atoms with Gasteiger partial charge in [0.25, 0.3) is 0 Å². The molecule has 0 N–H and O–H groups in total. The number of ether oxygens (including phenoxy) is 1. The van der Waals surface area contributed by atoms with Crippen molar-refractivity contribution in [1.29, 1.82) is 0 Å². The Balaban J connectivity index is 2.36. The van der Waals surface area contributed by atoms with E-state index in [2.05, 4.69) is 11.8 Å². The quantitative estimate of drug-likeness (QED) is 0.638. The zero-order chi connectivity index (χ0) is 9.52. The third-order valence-electron chi connectivity index (χ3n) is 2.50. The van der Waals surface area contributed by atoms with Gasteiger partial charge < -0.3 is 4.74 Å². The molecule has 0 bridgehead atoms. The molecule has 0 aromatic heterocycles. The van der Waals surface area contributed by atoms with Gasteiger partial charge in [0.05, 0.1) is 13.2 Å². The second kappa shape index (κ2) is 6.11. The largest absolute Gasteiger partial charge is 0.379 e. The zero-order valence-corrected chi connectivity index (χ0v) is 8.29. The maximum atomic E-state index is 10.3. The van der Waals surface area contributed by atoms with Crippen molar-refractivity contribution in [2.45, 2.75) is 32.2 Å². The minimum absolute atomic E-state index is 0.395. The van der Waals surface area contributed by atoms with Crippen LogP contribution in [0.4, 0.5) is 0 Å². The summed E-state index contributed by atoms with van der Waals surface area (Å²) in [4.78, 5) is 12.7. The fraction of sp³-hybridized carbons (Fsp3) is 0.900. The maximum absolute atomic E-state index is 10.3. The monoisotopic (exact) mass is 184 g/mol. The second-order valence-electron chi connectivity index (χ2n) is 3.44. The van der Waals surface area contributed by atoms with Gasteiger partial charge in [-0.2, -0.15) is 0 Å². The van der Waals surface area contributed by atoms with Gasteiger partial charge in [-0.05, 0) is 6.42 Å². The van der Waals surface area contributed by atoms with Crippen molar-refractivity contribution in [3.63, 3.8) is 0 Å². The zero-order valence-electron chi connectivity index (χ0n) is 8.29. The summed E-state index contributed by atoms with van der Waals surface area (Å²) in [5.41, 5.74) is 0. The van der Waals surface area contributed by atoms with E-state index in [-0.39, 0.29) is 0 Å². The summed E-state index contributed by atoms with van der Waals surface area (Å²) in [6.45, 7) is 5.69. The fourth-order valence-corrected chi connectivity index (χ4v) is 1.79. The van der Waals surface area contributed by atoms with Crippen molar-refractivity contribution in [3.05, 3.63) is 0 Å². The third-order valence-corrected chi connectivity index (χ3v) is 2.50. The van der Waals surface area contributed by atoms with Crippen LogP contribution in [-0.2, 0) is 9.53 Å². The Labute approximate surface area is 80.1 Å². The van der Waals surface area contributed by atoms with E-state index in [1.165, 1.54) is 0 Å². The smallest absolute Gasteiger partial charge is 0.200 e. The average molecular weight is 184 g/mol. The Bertz CT molecular complexity index is 144. The molecule has 1 heterocycles. The van der Waals surface area contributed by atoms with Gasteiger partial charge in [0.1, 0.15) is 0 Å². The first-order chi connectivity index (χ1) is 6.38. The van der Waals surface area contributed by atoms with Gasteiger partial charge >= 0.3 is 0 Å². The van der Waals surface area contributed by atoms with Gasteiger partial charge in [-0.3, -0.25) is 9.69 Å². The van der Waals surface area contributed by atoms with Gasteiger partial charge in [0.15, 0.2) is 6.29 Å². The van der Waals surface area contributed by atoms with E-state index >= 15 is 0 Å². The number of carbonyl (C=O) groups excluding carboxylic acids is 1. The summed E-state index contributed by atoms with van der Waals surface area (Å²) in [6.07, 6.45) is 4.79. The summed E-state index contributed by atoms with van der Waals surface area (Å²) in [5, 5.41) is 0. The summed E-state index contributed by atoms with van der Waals surface area (Å²) in [5.74, 6) is 0. The van der Waals surface area contributed by atoms with Crippen molar-refractivity contribution in [2.75, 3.05) is 26.3 Å². The number of hydrogen-bond donors (Lipinski definition) is 0. The van der Waals surface area contributed by atoms with E-state index in [0.717, 1.165) is 39.1 Å². The predicted molar refractivity (Wildman–Crippen MR) is 51.4 cm³/mol. The van der Waals surface area contributed by atoms with E-state index in [0.29, 0.717) is 12.5 Å². The molecular formula is C10H18NO2. The number of rotatable bonds is 5. The summed E-state index contributed by atoms with van der Waals surface area (Å²) < 4.78 is 5.27. The highest BCUT2D eigenvalue weighted by molar-refractivity contribution is 5.51. The lowest BCUT2D eigenvalue weighted by Crippen LogP contribution is -2.43. The molecule has 0 aromatic rings. The topological polar surface area (TPSA) is 29.5 Å². The van der Waals surface area contributed by atoms with Crippen molar-refractivity contribution < 1.29 is 9.53 Å². The Morgan fingerprint density at radius 2 is 2.15 bits per heavy atom. The van der Waals surface area contributed by atoms with Gasteiger partial charge in [0.2, 0.25) is 0 Å². The summed E-state index contributed by atoms with van der Waals surface area (Å²) >= 11 is 0. The van der Waals surface area contributed by atoms with Crippen molar-refractivity contribution in [2.24, 2.45) is 0 Å². The number of morpholine rings is 1. The highest BCUT2D eigenvalue weighted by atomic mass is 16.5. The van der Waals surface area contributed by atoms with Crippen LogP contribution < -0.4 is 0 Å². The van der Waals surface area contributed by atoms with Gasteiger partial charge in [0, 0.05) is 25.6 Å². The van der Waals surface area contributed by atoms with E-state index in [1.54, 1.807) is 0 Å². The predicted octanol–water partition coefficient (Wildman–Crippen LogP) is 0.987. The Kier molecular flexibility index (Phi) is 5.01. The van der Waals surface area contributed by atoms with Crippen LogP contribution in [0.2, 0.25) is 0 Å². The Morgan fingerprint density at radius 1 is 1.46 bits per heavy atom. The van der Waals surface area contributed by atoms with Gasteiger partial charge in [-0.25, -0.2) is 0 Å². The number of nitrogens with zero attached hydrogens (tertiary/aromatic N) is 1. The standard InChI is InChI=1S/C10H18NO2/c1-2-3-10(4-7-12)11-5-8-13-9-6-11/h10H,2-6,8-9H2,1H3. The second-order valence-corrected chi connectivity index (χ2v) is 3.44. The van der Waals surface area contributed by atoms with Crippen LogP contribution in [0.25, 0.3) is 0 Å². The molecule has 13 heavy (non-hydrogen) atoms. The molecular weight excluding hydrogens is 166 g/mol. The fourth-order valence-electron chi connectivity index (χ4n) is 1.79. The number of hydrogen-bond acceptors (Lipinski definition) is 3. The van der Waals surface area contributed by atoms with E-state index in [4.69, 9.17) is 4.74 Å². The molecule has 1 aliphatic rings. The third kappa shape index (κ3) is 3.44. The average Bonchev–Trinajstić information content (AvgIpc) is 2.19. The lowest BCUT2D eigenvalue weighted by molar-refractivity contribution is 0.0160. The molecule has 1 rings (SSSR count). The highest BCUT2D eigenvalue weighted by Crippen LogP contribution is 2.11. The molecule has 1 fully saturated rings. The molecule has 3 nitrogen and oxygen atoms in total. The molecule has 0 aromatic carbocycles. The Morgan fingerprint density at radius 3 is 2.69 bits per heavy atom. The molecule has 0 spiro atoms. The minimum atomic E-state index is 0.395. The first kappa shape index (κ1) is 10.7. The van der Waals surface area contributed by atoms with Gasteiger partial charge in [-0.15, -0.1) is 0 Å². The van der Waals surface area contributed by atoms with Gasteiger partial charge in [-0.1, -0.05) is 13.3 Å². The highest BCUT2D eigenvalue weighted by Gasteiger charge is 2.19. The molecule has 3 heteroatoms. The molecule has 1 saturated heterocycles. The molecule has 1 radical (unpaired) electrons. The van der Waals surface area contributed by atoms with Crippen molar-refractivity contribution in [3.8, 4) is 0 Å². The van der Waals surface area contributed by atoms with Crippen LogP contribution in [0.15, 0.2) is 0 Å². The molecule has 0 amide bonds. The van der Waals surface area contributed by atoms with Crippen LogP contribution >= 0.6 is 0 Å². The maximum Gasteiger partial charge on any atom is 0.200 e. The Hall–Kier alpha value is -0.410. The van der Waals surface area contributed by atoms with Crippen LogP contribution in [0.5, 0.6) is 0 Å². The molecule has 1 aliphatic heterocycles. The molecule has 75 valence electrons. The first-order valence-corrected chi connectivity index (χ1v) is 5.05. The van der Waals surface area contributed by atoms with Crippen LogP contribution in [0.3, 0.4) is 0 Å². The lowest BCUT2D eigenvalue weighted by Gasteiger charge is -2.33. The minimum Gasteiger partial charge on any atom is -0.379 e. The van der Waals surface area contributed by atoms with Crippen LogP contribution in [-0.4, -0.2) is 43.5 Å². The molecule has 0 saturated carbocycles. The SMILES string of the molecule is CCCC(C[C]=O)N1CCOCC1. The lowest BCUT2D eigenvalue weighted by atomic mass is 10.1. The molecule has 1 unspecified atom stereocenters. The van der Waals surface area contributed by atoms with Crippen LogP contribution in [0.1, 0.15) is 26.2 Å². The van der Waals surface area contributed by atoms with Crippen molar-refractivity contribution in [1.82, 2.24) is 4.90 Å². The molecule has 0 aliphatic carbocycles. The summed E-state index contributed by atoms with van der Waals surface area (Å²) in [7, 11) is 0. The molecule has 1 atom stereocenters. The van der Waals surface area contributed by atoms with Crippen molar-refractivity contribution >= 4 is 6.29 Å². The normalized spacial score (nSPS) is 21.3. The van der Waals surface area contributed by atoms with E-state index in [9.17, 15) is 4.79 Å². The van der Waals surface area contributed by atoms with E-state index < -0.39 is 0 Å². The van der Waals surface area contributed by atoms with E-state index in [1.807, 2.05) is 6.29 Å². The van der Waals surface area contributed by atoms with Crippen LogP contribution in [0, 0.1) is 0 Å².